The molecular weight excluding hydrogens is 296 g/mol. The van der Waals surface area contributed by atoms with E-state index >= 15 is 0 Å². The fourth-order valence-corrected chi connectivity index (χ4v) is 3.77. The van der Waals surface area contributed by atoms with Crippen LogP contribution in [0.4, 0.5) is 0 Å². The molecule has 0 spiro atoms. The van der Waals surface area contributed by atoms with Gasteiger partial charge in [0.05, 0.1) is 11.5 Å². The number of nitrogens with zero attached hydrogens (tertiary/aromatic N) is 2. The van der Waals surface area contributed by atoms with Crippen LogP contribution in [0.3, 0.4) is 0 Å². The normalized spacial score (nSPS) is 21.7. The number of sulfone groups is 1. The van der Waals surface area contributed by atoms with E-state index in [9.17, 15) is 13.2 Å². The number of pyridine rings is 1. The van der Waals surface area contributed by atoms with Crippen molar-refractivity contribution >= 4 is 21.6 Å². The van der Waals surface area contributed by atoms with Crippen molar-refractivity contribution in [2.45, 2.75) is 18.9 Å². The van der Waals surface area contributed by atoms with Crippen molar-refractivity contribution in [3.8, 4) is 0 Å². The third kappa shape index (κ3) is 3.91. The minimum Gasteiger partial charge on any atom is -0.409 e. The monoisotopic (exact) mass is 312 g/mol. The molecule has 1 fully saturated rings. The summed E-state index contributed by atoms with van der Waals surface area (Å²) in [4.78, 5) is 15.9. The number of oxime groups is 1. The number of aromatic nitrogens is 1. The minimum atomic E-state index is -3.08. The lowest BCUT2D eigenvalue weighted by molar-refractivity contribution is 0.0933. The van der Waals surface area contributed by atoms with Crippen LogP contribution < -0.4 is 11.1 Å². The van der Waals surface area contributed by atoms with Gasteiger partial charge in [0.15, 0.2) is 15.7 Å². The Kier molecular flexibility index (Phi) is 4.41. The summed E-state index contributed by atoms with van der Waals surface area (Å²) >= 11 is 0. The van der Waals surface area contributed by atoms with E-state index < -0.39 is 15.7 Å². The number of amides is 1. The van der Waals surface area contributed by atoms with Crippen molar-refractivity contribution in [2.75, 3.05) is 11.5 Å². The number of nitrogens with two attached hydrogens (primary N) is 1. The van der Waals surface area contributed by atoms with E-state index in [1.807, 2.05) is 0 Å². The molecule has 1 amide bonds. The van der Waals surface area contributed by atoms with Crippen molar-refractivity contribution in [1.82, 2.24) is 10.3 Å². The van der Waals surface area contributed by atoms with Crippen LogP contribution in [-0.2, 0) is 9.84 Å². The molecule has 1 aliphatic rings. The molecule has 0 aromatic carbocycles. The lowest BCUT2D eigenvalue weighted by atomic mass is 10.1. The van der Waals surface area contributed by atoms with Gasteiger partial charge in [0, 0.05) is 17.8 Å². The van der Waals surface area contributed by atoms with Gasteiger partial charge in [-0.05, 0) is 25.0 Å². The fraction of sp³-hybridized carbons (Fsp3) is 0.417. The van der Waals surface area contributed by atoms with Gasteiger partial charge in [0.2, 0.25) is 0 Å². The van der Waals surface area contributed by atoms with Gasteiger partial charge in [-0.25, -0.2) is 8.42 Å². The molecule has 0 saturated carbocycles. The van der Waals surface area contributed by atoms with Gasteiger partial charge in [0.25, 0.3) is 5.91 Å². The van der Waals surface area contributed by atoms with Crippen molar-refractivity contribution in [2.24, 2.45) is 10.9 Å². The van der Waals surface area contributed by atoms with Crippen LogP contribution in [0.15, 0.2) is 23.5 Å². The lowest BCUT2D eigenvalue weighted by Crippen LogP contribution is -2.43. The maximum Gasteiger partial charge on any atom is 0.270 e. The highest BCUT2D eigenvalue weighted by molar-refractivity contribution is 7.91. The average Bonchev–Trinajstić information content (AvgIpc) is 2.45. The largest absolute Gasteiger partial charge is 0.409 e. The number of amidine groups is 1. The summed E-state index contributed by atoms with van der Waals surface area (Å²) in [5.41, 5.74) is 5.92. The average molecular weight is 312 g/mol. The van der Waals surface area contributed by atoms with Gasteiger partial charge in [-0.2, -0.15) is 0 Å². The molecule has 21 heavy (non-hydrogen) atoms. The quantitative estimate of drug-likeness (QED) is 0.297. The predicted octanol–water partition coefficient (Wildman–Crippen LogP) is -0.517. The highest BCUT2D eigenvalue weighted by Gasteiger charge is 2.26. The maximum atomic E-state index is 12.0. The van der Waals surface area contributed by atoms with E-state index in [0.717, 1.165) is 0 Å². The van der Waals surface area contributed by atoms with Crippen molar-refractivity contribution in [3.63, 3.8) is 0 Å². The summed E-state index contributed by atoms with van der Waals surface area (Å²) in [7, 11) is -3.08. The van der Waals surface area contributed by atoms with Crippen molar-refractivity contribution in [3.05, 3.63) is 29.6 Å². The zero-order chi connectivity index (χ0) is 15.5. The predicted molar refractivity (Wildman–Crippen MR) is 75.9 cm³/mol. The molecule has 4 N–H and O–H groups in total. The zero-order valence-corrected chi connectivity index (χ0v) is 12.0. The summed E-state index contributed by atoms with van der Waals surface area (Å²) in [5.74, 6) is -0.413. The second kappa shape index (κ2) is 6.08. The Morgan fingerprint density at radius 3 is 2.81 bits per heavy atom. The first-order valence-electron chi connectivity index (χ1n) is 6.36. The molecule has 114 valence electrons. The van der Waals surface area contributed by atoms with Crippen LogP contribution in [0.2, 0.25) is 0 Å². The van der Waals surface area contributed by atoms with Gasteiger partial charge in [-0.1, -0.05) is 5.16 Å². The maximum absolute atomic E-state index is 12.0. The highest BCUT2D eigenvalue weighted by atomic mass is 32.2. The first kappa shape index (κ1) is 15.2. The minimum absolute atomic E-state index is 0.0407. The van der Waals surface area contributed by atoms with Crippen LogP contribution in [0.1, 0.15) is 28.9 Å². The summed E-state index contributed by atoms with van der Waals surface area (Å²) in [6.07, 6.45) is 2.48. The molecule has 8 nitrogen and oxygen atoms in total. The molecule has 0 radical (unpaired) electrons. The topological polar surface area (TPSA) is 135 Å². The Hall–Kier alpha value is -2.16. The van der Waals surface area contributed by atoms with E-state index in [0.29, 0.717) is 18.4 Å². The molecule has 0 bridgehead atoms. The number of rotatable bonds is 3. The van der Waals surface area contributed by atoms with Gasteiger partial charge in [-0.3, -0.25) is 9.78 Å². The fourth-order valence-electron chi connectivity index (χ4n) is 2.13. The van der Waals surface area contributed by atoms with Crippen molar-refractivity contribution in [1.29, 1.82) is 0 Å². The van der Waals surface area contributed by atoms with Gasteiger partial charge in [0.1, 0.15) is 5.69 Å². The molecule has 1 saturated heterocycles. The standard InChI is InChI=1S/C12H16N4O4S/c13-11(16-18)8-3-4-10(14-6-8)12(17)15-9-2-1-5-21(19,20)7-9/h3-4,6,9,18H,1-2,5,7H2,(H2,13,16)(H,15,17). The van der Waals surface area contributed by atoms with Crippen molar-refractivity contribution < 1.29 is 18.4 Å². The molecular formula is C12H16N4O4S. The molecule has 1 atom stereocenters. The number of nitrogens with one attached hydrogen (secondary N) is 1. The lowest BCUT2D eigenvalue weighted by Gasteiger charge is -2.22. The summed E-state index contributed by atoms with van der Waals surface area (Å²) < 4.78 is 23.0. The molecule has 9 heteroatoms. The Morgan fingerprint density at radius 1 is 1.48 bits per heavy atom. The van der Waals surface area contributed by atoms with Gasteiger partial charge in [-0.15, -0.1) is 0 Å². The van der Waals surface area contributed by atoms with Crippen LogP contribution in [0.25, 0.3) is 0 Å². The van der Waals surface area contributed by atoms with Crippen LogP contribution >= 0.6 is 0 Å². The Bertz CT molecular complexity index is 654. The second-order valence-electron chi connectivity index (χ2n) is 4.84. The zero-order valence-electron chi connectivity index (χ0n) is 11.2. The molecule has 1 aromatic heterocycles. The second-order valence-corrected chi connectivity index (χ2v) is 7.07. The summed E-state index contributed by atoms with van der Waals surface area (Å²) in [6, 6.07) is 2.54. The number of carbonyl (C=O) groups excluding carboxylic acids is 1. The molecule has 1 aromatic rings. The number of hydrogen-bond donors (Lipinski definition) is 3. The molecule has 0 aliphatic carbocycles. The highest BCUT2D eigenvalue weighted by Crippen LogP contribution is 2.12. The molecule has 1 unspecified atom stereocenters. The SMILES string of the molecule is NC(=NO)c1ccc(C(=O)NC2CCCS(=O)(=O)C2)nc1. The first-order chi connectivity index (χ1) is 9.91. The smallest absolute Gasteiger partial charge is 0.270 e. The first-order valence-corrected chi connectivity index (χ1v) is 8.18. The Labute approximate surface area is 122 Å². The van der Waals surface area contributed by atoms with E-state index in [1.165, 1.54) is 18.3 Å². The molecule has 2 heterocycles. The van der Waals surface area contributed by atoms with Gasteiger partial charge >= 0.3 is 0 Å². The van der Waals surface area contributed by atoms with Gasteiger partial charge < -0.3 is 16.3 Å². The Morgan fingerprint density at radius 2 is 2.24 bits per heavy atom. The molecule has 1 aliphatic heterocycles. The third-order valence-electron chi connectivity index (χ3n) is 3.20. The van der Waals surface area contributed by atoms with Crippen LogP contribution in [-0.4, -0.2) is 47.9 Å². The van der Waals surface area contributed by atoms with E-state index in [2.05, 4.69) is 15.5 Å². The molecule has 2 rings (SSSR count). The van der Waals surface area contributed by atoms with Crippen LogP contribution in [0, 0.1) is 0 Å². The summed E-state index contributed by atoms with van der Waals surface area (Å²) in [5, 5.41) is 14.0. The summed E-state index contributed by atoms with van der Waals surface area (Å²) in [6.45, 7) is 0. The number of hydrogen-bond acceptors (Lipinski definition) is 6. The number of carbonyl (C=O) groups is 1. The Balaban J connectivity index is 2.03. The van der Waals surface area contributed by atoms with E-state index in [4.69, 9.17) is 10.9 Å². The third-order valence-corrected chi connectivity index (χ3v) is 5.02. The van der Waals surface area contributed by atoms with E-state index in [1.54, 1.807) is 0 Å². The van der Waals surface area contributed by atoms with Crippen LogP contribution in [0.5, 0.6) is 0 Å². The van der Waals surface area contributed by atoms with E-state index in [-0.39, 0.29) is 29.1 Å².